The number of halogens is 1. The summed E-state index contributed by atoms with van der Waals surface area (Å²) in [7, 11) is 2.42. The molecule has 9 heteroatoms. The summed E-state index contributed by atoms with van der Waals surface area (Å²) in [5.41, 5.74) is 4.10. The summed E-state index contributed by atoms with van der Waals surface area (Å²) in [6.07, 6.45) is -1.50. The highest BCUT2D eigenvalue weighted by atomic mass is 19.1. The second kappa shape index (κ2) is 7.34. The molecule has 0 aliphatic carbocycles. The minimum absolute atomic E-state index is 0.144. The number of nitroso groups, excluding NO2 is 2. The van der Waals surface area contributed by atoms with Gasteiger partial charge in [-0.15, -0.1) is 0 Å². The third-order valence-corrected chi connectivity index (χ3v) is 2.26. The molecule has 0 atom stereocenters. The number of hydrazine groups is 2. The van der Waals surface area contributed by atoms with Gasteiger partial charge >= 0.3 is 6.17 Å². The minimum atomic E-state index is -1.32. The molecule has 0 amide bonds. The Balaban J connectivity index is 2.88. The summed E-state index contributed by atoms with van der Waals surface area (Å²) in [6.45, 7) is 0. The number of rotatable bonds is 8. The molecular weight excluding hydrogens is 259 g/mol. The highest BCUT2D eigenvalue weighted by Gasteiger charge is 2.43. The van der Waals surface area contributed by atoms with Crippen LogP contribution < -0.4 is 11.2 Å². The summed E-state index contributed by atoms with van der Waals surface area (Å²) < 4.78 is 13.5. The number of hydrogen-bond donors (Lipinski definition) is 2. The van der Waals surface area contributed by atoms with E-state index in [1.165, 1.54) is 32.4 Å². The Labute approximate surface area is 108 Å². The zero-order chi connectivity index (χ0) is 14.3. The lowest BCUT2D eigenvalue weighted by atomic mass is 10.1. The van der Waals surface area contributed by atoms with Crippen LogP contribution in [0.3, 0.4) is 0 Å². The topological polar surface area (TPSA) is 82.7 Å². The van der Waals surface area contributed by atoms with Crippen LogP contribution in [0.4, 0.5) is 4.39 Å². The average Bonchev–Trinajstić information content (AvgIpc) is 2.38. The molecule has 0 heterocycles. The van der Waals surface area contributed by atoms with Gasteiger partial charge in [0, 0.05) is 5.56 Å². The predicted molar refractivity (Wildman–Crippen MR) is 61.4 cm³/mol. The molecule has 0 saturated heterocycles. The Morgan fingerprint density at radius 1 is 1.16 bits per heavy atom. The van der Waals surface area contributed by atoms with E-state index < -0.39 is 12.0 Å². The first-order valence-electron chi connectivity index (χ1n) is 5.33. The van der Waals surface area contributed by atoms with E-state index in [1.54, 1.807) is 6.07 Å². The third-order valence-electron chi connectivity index (χ3n) is 2.26. The molecule has 0 aliphatic rings. The summed E-state index contributed by atoms with van der Waals surface area (Å²) in [5.74, 6) is -0.510. The van der Waals surface area contributed by atoms with Gasteiger partial charge in [0.2, 0.25) is 9.74 Å². The molecule has 1 aromatic rings. The van der Waals surface area contributed by atoms with Crippen LogP contribution in [0, 0.1) is 15.6 Å². The number of nitrogens with zero attached hydrogens (tertiary/aromatic N) is 2. The second-order valence-electron chi connectivity index (χ2n) is 3.52. The molecule has 0 bridgehead atoms. The van der Waals surface area contributed by atoms with Crippen molar-refractivity contribution in [2.24, 2.45) is 0 Å². The highest BCUT2D eigenvalue weighted by molar-refractivity contribution is 5.17. The summed E-state index contributed by atoms with van der Waals surface area (Å²) in [6, 6.07) is 5.83. The fraction of sp³-hybridized carbons (Fsp3) is 0.400. The fourth-order valence-corrected chi connectivity index (χ4v) is 1.42. The maximum atomic E-state index is 13.5. The molecule has 1 aromatic carbocycles. The molecule has 8 nitrogen and oxygen atoms in total. The molecule has 104 valence electrons. The van der Waals surface area contributed by atoms with E-state index in [-0.39, 0.29) is 21.7 Å². The number of hydrogen-bond acceptors (Lipinski definition) is 4. The van der Waals surface area contributed by atoms with Crippen molar-refractivity contribution >= 4 is 0 Å². The average molecular weight is 274 g/mol. The maximum absolute atomic E-state index is 13.5. The number of nitrogens with one attached hydrogen (secondary N) is 2. The predicted octanol–water partition coefficient (Wildman–Crippen LogP) is 0.384. The Morgan fingerprint density at radius 2 is 1.68 bits per heavy atom. The summed E-state index contributed by atoms with van der Waals surface area (Å²) in [5, 5.41) is 0. The minimum Gasteiger partial charge on any atom is -0.228 e. The van der Waals surface area contributed by atoms with Crippen LogP contribution in [-0.2, 0) is 16.1 Å². The molecule has 0 fully saturated rings. The van der Waals surface area contributed by atoms with Crippen molar-refractivity contribution in [3.8, 4) is 0 Å². The zero-order valence-corrected chi connectivity index (χ0v) is 10.5. The normalized spacial score (nSPS) is 10.3. The van der Waals surface area contributed by atoms with Crippen LogP contribution in [0.5, 0.6) is 0 Å². The van der Waals surface area contributed by atoms with Crippen LogP contribution in [0.15, 0.2) is 24.3 Å². The monoisotopic (exact) mass is 274 g/mol. The smallest absolute Gasteiger partial charge is 0.228 e. The lowest BCUT2D eigenvalue weighted by Gasteiger charge is -2.03. The molecule has 0 spiro atoms. The van der Waals surface area contributed by atoms with E-state index in [4.69, 9.17) is 0 Å². The number of benzene rings is 1. The van der Waals surface area contributed by atoms with E-state index in [9.17, 15) is 14.2 Å². The van der Waals surface area contributed by atoms with Gasteiger partial charge in [0.15, 0.2) is 0 Å². The SMILES string of the molecule is CON[N+](=O)C(Cc1ccccc1F)[N+](=O)NOC. The van der Waals surface area contributed by atoms with Gasteiger partial charge in [0.1, 0.15) is 12.2 Å². The van der Waals surface area contributed by atoms with E-state index in [0.717, 1.165) is 0 Å². The van der Waals surface area contributed by atoms with Crippen molar-refractivity contribution < 1.29 is 23.8 Å². The molecule has 1 rings (SSSR count). The molecule has 0 radical (unpaired) electrons. The van der Waals surface area contributed by atoms with Crippen LogP contribution in [0.25, 0.3) is 0 Å². The standard InChI is InChI=1S/C10H15FN4O4/c1-18-12-14(16)10(15(17)13-19-2)7-8-5-3-4-6-9(8)11/h3-6,10H,7H2,1-2H3,(H,12,16)(H,13,17)/q+2. The molecule has 2 N–H and O–H groups in total. The Morgan fingerprint density at radius 3 is 2.16 bits per heavy atom. The van der Waals surface area contributed by atoms with Crippen LogP contribution in [-0.4, -0.2) is 30.1 Å². The Bertz CT molecular complexity index is 439. The van der Waals surface area contributed by atoms with Gasteiger partial charge in [-0.1, -0.05) is 18.2 Å². The van der Waals surface area contributed by atoms with E-state index in [2.05, 4.69) is 9.68 Å². The lowest BCUT2D eigenvalue weighted by molar-refractivity contribution is -0.873. The van der Waals surface area contributed by atoms with Gasteiger partial charge in [-0.05, 0) is 17.2 Å². The van der Waals surface area contributed by atoms with Crippen LogP contribution in [0.1, 0.15) is 5.56 Å². The first-order valence-corrected chi connectivity index (χ1v) is 5.33. The van der Waals surface area contributed by atoms with E-state index >= 15 is 0 Å². The van der Waals surface area contributed by atoms with Gasteiger partial charge in [0.25, 0.3) is 0 Å². The molecule has 19 heavy (non-hydrogen) atoms. The van der Waals surface area contributed by atoms with Crippen LogP contribution >= 0.6 is 0 Å². The van der Waals surface area contributed by atoms with Crippen molar-refractivity contribution in [2.45, 2.75) is 12.6 Å². The van der Waals surface area contributed by atoms with Gasteiger partial charge in [-0.3, -0.25) is 0 Å². The molecule has 0 saturated carbocycles. The molecule has 0 unspecified atom stereocenters. The van der Waals surface area contributed by atoms with Gasteiger partial charge in [-0.25, -0.2) is 14.1 Å². The molecule has 0 aliphatic heterocycles. The molecular formula is C10H15FN4O4+2. The van der Waals surface area contributed by atoms with E-state index in [1.807, 2.05) is 11.2 Å². The van der Waals surface area contributed by atoms with Gasteiger partial charge in [-0.2, -0.15) is 0 Å². The third kappa shape index (κ3) is 4.23. The largest absolute Gasteiger partial charge is 0.497 e. The van der Waals surface area contributed by atoms with Crippen molar-refractivity contribution in [1.82, 2.24) is 11.2 Å². The second-order valence-corrected chi connectivity index (χ2v) is 3.52. The van der Waals surface area contributed by atoms with Crippen molar-refractivity contribution in [3.63, 3.8) is 0 Å². The Hall–Kier alpha value is -2.13. The fourth-order valence-electron chi connectivity index (χ4n) is 1.42. The highest BCUT2D eigenvalue weighted by Crippen LogP contribution is 2.10. The van der Waals surface area contributed by atoms with Crippen molar-refractivity contribution in [2.75, 3.05) is 14.2 Å². The van der Waals surface area contributed by atoms with Gasteiger partial charge in [0.05, 0.1) is 24.0 Å². The maximum Gasteiger partial charge on any atom is 0.497 e. The zero-order valence-electron chi connectivity index (χ0n) is 10.5. The summed E-state index contributed by atoms with van der Waals surface area (Å²) in [4.78, 5) is 32.3. The van der Waals surface area contributed by atoms with Crippen LogP contribution in [0.2, 0.25) is 0 Å². The van der Waals surface area contributed by atoms with Gasteiger partial charge < -0.3 is 0 Å². The first-order chi connectivity index (χ1) is 9.10. The first kappa shape index (κ1) is 14.9. The van der Waals surface area contributed by atoms with E-state index in [0.29, 0.717) is 0 Å². The molecule has 0 aromatic heterocycles. The van der Waals surface area contributed by atoms with Crippen molar-refractivity contribution in [1.29, 1.82) is 0 Å². The summed E-state index contributed by atoms with van der Waals surface area (Å²) >= 11 is 0. The van der Waals surface area contributed by atoms with Crippen molar-refractivity contribution in [3.05, 3.63) is 45.5 Å². The quantitative estimate of drug-likeness (QED) is 0.405. The lowest BCUT2D eigenvalue weighted by Crippen LogP contribution is -2.48. The Kier molecular flexibility index (Phi) is 5.76.